The van der Waals surface area contributed by atoms with Gasteiger partial charge in [0.1, 0.15) is 18.4 Å². The quantitative estimate of drug-likeness (QED) is 0.479. The maximum atomic E-state index is 13.5. The van der Waals surface area contributed by atoms with E-state index in [1.807, 2.05) is 6.07 Å². The smallest absolute Gasteiger partial charge is 0.340 e. The predicted molar refractivity (Wildman–Crippen MR) is 143 cm³/mol. The Morgan fingerprint density at radius 2 is 1.95 bits per heavy atom. The van der Waals surface area contributed by atoms with Gasteiger partial charge in [0.05, 0.1) is 11.0 Å². The zero-order valence-corrected chi connectivity index (χ0v) is 22.6. The van der Waals surface area contributed by atoms with Crippen LogP contribution in [0.4, 0.5) is 19.0 Å². The number of alkyl halides is 3. The molecule has 1 aromatic carbocycles. The lowest BCUT2D eigenvalue weighted by atomic mass is 9.80. The summed E-state index contributed by atoms with van der Waals surface area (Å²) in [5, 5.41) is 5.84. The van der Waals surface area contributed by atoms with Crippen LogP contribution in [0.3, 0.4) is 0 Å². The molecular weight excluding hydrogens is 559 g/mol. The number of aromatic nitrogens is 2. The normalized spacial score (nSPS) is 25.2. The maximum Gasteiger partial charge on any atom is 0.406 e. The van der Waals surface area contributed by atoms with Crippen molar-refractivity contribution in [2.75, 3.05) is 11.9 Å². The first kappa shape index (κ1) is 27.2. The predicted octanol–water partition coefficient (Wildman–Crippen LogP) is 4.18. The highest BCUT2D eigenvalue weighted by Gasteiger charge is 2.52. The molecule has 3 aromatic rings. The van der Waals surface area contributed by atoms with Crippen molar-refractivity contribution in [2.45, 2.75) is 55.8 Å². The van der Waals surface area contributed by atoms with Crippen molar-refractivity contribution < 1.29 is 27.6 Å². The Morgan fingerprint density at radius 1 is 1.17 bits per heavy atom. The topological polar surface area (TPSA) is 104 Å². The monoisotopic (exact) mass is 583 g/mol. The van der Waals surface area contributed by atoms with Gasteiger partial charge in [0, 0.05) is 47.1 Å². The van der Waals surface area contributed by atoms with E-state index < -0.39 is 48.0 Å². The zero-order chi connectivity index (χ0) is 29.1. The summed E-state index contributed by atoms with van der Waals surface area (Å²) in [4.78, 5) is 49.1. The lowest BCUT2D eigenvalue weighted by molar-refractivity contribution is -0.170. The van der Waals surface area contributed by atoms with Crippen molar-refractivity contribution in [1.29, 1.82) is 0 Å². The number of amides is 3. The van der Waals surface area contributed by atoms with Gasteiger partial charge in [-0.15, -0.1) is 0 Å². The number of rotatable bonds is 4. The Hall–Kier alpha value is -3.99. The van der Waals surface area contributed by atoms with Crippen molar-refractivity contribution >= 4 is 35.1 Å². The van der Waals surface area contributed by atoms with Crippen LogP contribution in [-0.2, 0) is 27.8 Å². The molecule has 4 heterocycles. The van der Waals surface area contributed by atoms with Crippen molar-refractivity contribution in [2.24, 2.45) is 0 Å². The molecule has 2 aromatic heterocycles. The number of nitrogens with zero attached hydrogens (tertiary/aromatic N) is 3. The molecule has 3 aliphatic rings. The highest BCUT2D eigenvalue weighted by molar-refractivity contribution is 6.31. The number of hydrogen-bond acceptors (Lipinski definition) is 5. The molecule has 0 radical (unpaired) electrons. The standard InChI is InChI=1S/C29H25ClF3N5O3/c1-15-19(18-5-2-3-7-21(18)30)10-22(26(40)38(15)14-29(31,32)33)36-25(39)17-9-16-11-28(12-23(16)35-13-17)20-6-4-8-34-24(20)37-27(28)41/h2-9,13,15,19,22H,10-12,14H2,1H3,(H,36,39)(H,34,37,41)/t15-,19-,22+,28?/m1/s1. The van der Waals surface area contributed by atoms with E-state index in [2.05, 4.69) is 20.6 Å². The lowest BCUT2D eigenvalue weighted by Crippen LogP contribution is -2.59. The first-order valence-corrected chi connectivity index (χ1v) is 13.5. The molecule has 1 spiro atoms. The molecule has 8 nitrogen and oxygen atoms in total. The molecule has 2 N–H and O–H groups in total. The van der Waals surface area contributed by atoms with E-state index in [0.717, 1.165) is 10.5 Å². The number of fused-ring (bicyclic) bond motifs is 3. The number of piperidine rings is 1. The van der Waals surface area contributed by atoms with Crippen LogP contribution in [0.15, 0.2) is 54.9 Å². The van der Waals surface area contributed by atoms with Gasteiger partial charge >= 0.3 is 6.18 Å². The summed E-state index contributed by atoms with van der Waals surface area (Å²) in [5.41, 5.74) is 2.03. The van der Waals surface area contributed by atoms with Crippen molar-refractivity contribution in [3.8, 4) is 0 Å². The van der Waals surface area contributed by atoms with Crippen LogP contribution in [0.5, 0.6) is 0 Å². The van der Waals surface area contributed by atoms with Crippen LogP contribution in [0, 0.1) is 0 Å². The summed E-state index contributed by atoms with van der Waals surface area (Å²) in [6.07, 6.45) is -0.926. The van der Waals surface area contributed by atoms with Crippen LogP contribution in [0.1, 0.15) is 52.0 Å². The van der Waals surface area contributed by atoms with Gasteiger partial charge in [-0.2, -0.15) is 13.2 Å². The fourth-order valence-electron chi connectivity index (χ4n) is 6.35. The Bertz CT molecular complexity index is 1580. The molecule has 1 aliphatic carbocycles. The molecule has 2 aliphatic heterocycles. The fourth-order valence-corrected chi connectivity index (χ4v) is 6.63. The molecule has 0 bridgehead atoms. The van der Waals surface area contributed by atoms with E-state index in [9.17, 15) is 27.6 Å². The maximum absolute atomic E-state index is 13.5. The molecule has 4 atom stereocenters. The van der Waals surface area contributed by atoms with E-state index in [0.29, 0.717) is 40.5 Å². The van der Waals surface area contributed by atoms with Crippen LogP contribution in [0.2, 0.25) is 5.02 Å². The van der Waals surface area contributed by atoms with Crippen molar-refractivity contribution in [3.05, 3.63) is 87.8 Å². The zero-order valence-electron chi connectivity index (χ0n) is 21.8. The van der Waals surface area contributed by atoms with E-state index in [-0.39, 0.29) is 17.9 Å². The molecule has 41 heavy (non-hydrogen) atoms. The van der Waals surface area contributed by atoms with Crippen LogP contribution in [-0.4, -0.2) is 57.4 Å². The Kier molecular flexibility index (Phi) is 6.52. The van der Waals surface area contributed by atoms with Crippen molar-refractivity contribution in [1.82, 2.24) is 20.2 Å². The van der Waals surface area contributed by atoms with Gasteiger partial charge in [0.2, 0.25) is 11.8 Å². The van der Waals surface area contributed by atoms with Gasteiger partial charge in [-0.3, -0.25) is 19.4 Å². The van der Waals surface area contributed by atoms with Gasteiger partial charge in [0.25, 0.3) is 5.91 Å². The molecule has 1 fully saturated rings. The van der Waals surface area contributed by atoms with Crippen LogP contribution < -0.4 is 10.6 Å². The third kappa shape index (κ3) is 4.71. The Labute approximate surface area is 238 Å². The number of nitrogens with one attached hydrogen (secondary N) is 2. The van der Waals surface area contributed by atoms with Gasteiger partial charge in [-0.25, -0.2) is 4.98 Å². The third-order valence-corrected chi connectivity index (χ3v) is 8.72. The summed E-state index contributed by atoms with van der Waals surface area (Å²) in [6.45, 7) is 0.115. The molecule has 6 rings (SSSR count). The van der Waals surface area contributed by atoms with E-state index in [1.165, 1.54) is 6.20 Å². The van der Waals surface area contributed by atoms with Gasteiger partial charge in [-0.1, -0.05) is 35.9 Å². The molecular formula is C29H25ClF3N5O3. The highest BCUT2D eigenvalue weighted by Crippen LogP contribution is 2.46. The summed E-state index contributed by atoms with van der Waals surface area (Å²) >= 11 is 6.38. The van der Waals surface area contributed by atoms with Gasteiger partial charge in [0.15, 0.2) is 0 Å². The minimum absolute atomic E-state index is 0.0786. The second-order valence-corrected chi connectivity index (χ2v) is 11.2. The summed E-state index contributed by atoms with van der Waals surface area (Å²) in [7, 11) is 0. The minimum atomic E-state index is -4.62. The average Bonchev–Trinajstić information content (AvgIpc) is 3.45. The Balaban J connectivity index is 1.26. The van der Waals surface area contributed by atoms with Crippen LogP contribution >= 0.6 is 11.6 Å². The number of carbonyl (C=O) groups is 3. The number of benzene rings is 1. The van der Waals surface area contributed by atoms with Gasteiger partial charge in [-0.05, 0) is 49.1 Å². The second-order valence-electron chi connectivity index (χ2n) is 10.8. The second kappa shape index (κ2) is 9.83. The summed E-state index contributed by atoms with van der Waals surface area (Å²) in [6, 6.07) is 10.0. The number of anilines is 1. The largest absolute Gasteiger partial charge is 0.406 e. The van der Waals surface area contributed by atoms with E-state index >= 15 is 0 Å². The molecule has 12 heteroatoms. The number of hydrogen-bond donors (Lipinski definition) is 2. The van der Waals surface area contributed by atoms with E-state index in [1.54, 1.807) is 49.5 Å². The molecule has 3 amide bonds. The molecule has 1 unspecified atom stereocenters. The Morgan fingerprint density at radius 3 is 2.71 bits per heavy atom. The average molecular weight is 584 g/mol. The summed E-state index contributed by atoms with van der Waals surface area (Å²) < 4.78 is 40.4. The third-order valence-electron chi connectivity index (χ3n) is 8.38. The number of halogens is 4. The number of carbonyl (C=O) groups excluding carboxylic acids is 3. The first-order valence-electron chi connectivity index (χ1n) is 13.1. The minimum Gasteiger partial charge on any atom is -0.340 e. The molecule has 212 valence electrons. The highest BCUT2D eigenvalue weighted by atomic mass is 35.5. The van der Waals surface area contributed by atoms with E-state index in [4.69, 9.17) is 11.6 Å². The van der Waals surface area contributed by atoms with Gasteiger partial charge < -0.3 is 15.5 Å². The molecule has 1 saturated heterocycles. The first-order chi connectivity index (χ1) is 19.5. The lowest BCUT2D eigenvalue weighted by Gasteiger charge is -2.43. The van der Waals surface area contributed by atoms with Crippen LogP contribution in [0.25, 0.3) is 0 Å². The van der Waals surface area contributed by atoms with Crippen molar-refractivity contribution in [3.63, 3.8) is 0 Å². The summed E-state index contributed by atoms with van der Waals surface area (Å²) in [5.74, 6) is -1.68. The molecule has 0 saturated carbocycles. The number of likely N-dealkylation sites (tertiary alicyclic amines) is 1. The fraction of sp³-hybridized carbons (Fsp3) is 0.345. The SMILES string of the molecule is C[C@@H]1[C@H](c2ccccc2Cl)C[C@H](NC(=O)c2cnc3c(c2)CC2(C3)C(=O)Nc3ncccc32)C(=O)N1CC(F)(F)F. The number of pyridine rings is 2.